The maximum atomic E-state index is 5.62. The number of hydrogen-bond donors (Lipinski definition) is 1. The van der Waals surface area contributed by atoms with Crippen molar-refractivity contribution in [2.75, 3.05) is 26.2 Å². The summed E-state index contributed by atoms with van der Waals surface area (Å²) in [7, 11) is 0. The van der Waals surface area contributed by atoms with Gasteiger partial charge in [0.05, 0.1) is 6.10 Å². The van der Waals surface area contributed by atoms with Crippen LogP contribution in [-0.2, 0) is 4.74 Å². The van der Waals surface area contributed by atoms with Gasteiger partial charge in [0.2, 0.25) is 0 Å². The minimum Gasteiger partial charge on any atom is -0.378 e. The van der Waals surface area contributed by atoms with Crippen LogP contribution in [0.3, 0.4) is 0 Å². The van der Waals surface area contributed by atoms with Gasteiger partial charge in [0.1, 0.15) is 0 Å². The highest BCUT2D eigenvalue weighted by atomic mass is 32.1. The van der Waals surface area contributed by atoms with Crippen LogP contribution in [0.1, 0.15) is 39.5 Å². The molecule has 1 N–H and O–H groups in total. The molecule has 1 saturated heterocycles. The first-order valence-electron chi connectivity index (χ1n) is 6.42. The molecule has 0 amide bonds. The van der Waals surface area contributed by atoms with Crippen molar-refractivity contribution in [3.8, 4) is 0 Å². The van der Waals surface area contributed by atoms with Crippen LogP contribution in [0.25, 0.3) is 0 Å². The average molecular weight is 244 g/mol. The highest BCUT2D eigenvalue weighted by molar-refractivity contribution is 7.80. The number of piperidine rings is 1. The third kappa shape index (κ3) is 4.66. The molecule has 4 heteroatoms. The molecule has 1 fully saturated rings. The summed E-state index contributed by atoms with van der Waals surface area (Å²) in [5, 5.41) is 4.24. The van der Waals surface area contributed by atoms with E-state index < -0.39 is 0 Å². The van der Waals surface area contributed by atoms with E-state index in [1.54, 1.807) is 0 Å². The summed E-state index contributed by atoms with van der Waals surface area (Å²) in [5.41, 5.74) is 0. The first-order chi connectivity index (χ1) is 7.77. The molecule has 1 heterocycles. The largest absolute Gasteiger partial charge is 0.378 e. The first-order valence-corrected chi connectivity index (χ1v) is 6.83. The molecule has 0 aromatic rings. The summed E-state index contributed by atoms with van der Waals surface area (Å²) in [6.07, 6.45) is 5.05. The van der Waals surface area contributed by atoms with Crippen molar-refractivity contribution in [2.45, 2.75) is 45.6 Å². The van der Waals surface area contributed by atoms with Gasteiger partial charge >= 0.3 is 0 Å². The predicted octanol–water partition coefficient (Wildman–Crippen LogP) is 2.16. The molecule has 16 heavy (non-hydrogen) atoms. The predicted molar refractivity (Wildman–Crippen MR) is 71.7 cm³/mol. The van der Waals surface area contributed by atoms with Gasteiger partial charge in [0.25, 0.3) is 0 Å². The SMILES string of the molecule is CCCCNC(=S)N1CCC(OCC)CC1. The van der Waals surface area contributed by atoms with E-state index in [0.717, 1.165) is 44.2 Å². The van der Waals surface area contributed by atoms with Crippen molar-refractivity contribution in [3.05, 3.63) is 0 Å². The number of thiocarbonyl (C=S) groups is 1. The van der Waals surface area contributed by atoms with Gasteiger partial charge in [-0.2, -0.15) is 0 Å². The summed E-state index contributed by atoms with van der Waals surface area (Å²) in [4.78, 5) is 2.26. The minimum atomic E-state index is 0.444. The van der Waals surface area contributed by atoms with Crippen molar-refractivity contribution in [3.63, 3.8) is 0 Å². The molecule has 0 bridgehead atoms. The Morgan fingerprint density at radius 2 is 2.06 bits per heavy atom. The Labute approximate surface area is 105 Å². The van der Waals surface area contributed by atoms with E-state index >= 15 is 0 Å². The fourth-order valence-electron chi connectivity index (χ4n) is 1.95. The molecule has 94 valence electrons. The average Bonchev–Trinajstić information content (AvgIpc) is 2.30. The van der Waals surface area contributed by atoms with E-state index in [2.05, 4.69) is 24.1 Å². The zero-order valence-corrected chi connectivity index (χ0v) is 11.3. The second kappa shape index (κ2) is 7.85. The molecule has 0 aromatic carbocycles. The van der Waals surface area contributed by atoms with Gasteiger partial charge in [-0.05, 0) is 38.4 Å². The Balaban J connectivity index is 2.17. The summed E-state index contributed by atoms with van der Waals surface area (Å²) >= 11 is 5.36. The number of ether oxygens (including phenoxy) is 1. The van der Waals surface area contributed by atoms with Crippen molar-refractivity contribution in [1.82, 2.24) is 10.2 Å². The van der Waals surface area contributed by atoms with Crippen LogP contribution in [0.4, 0.5) is 0 Å². The lowest BCUT2D eigenvalue weighted by atomic mass is 10.1. The fraction of sp³-hybridized carbons (Fsp3) is 0.917. The van der Waals surface area contributed by atoms with Crippen molar-refractivity contribution in [1.29, 1.82) is 0 Å². The Morgan fingerprint density at radius 3 is 2.62 bits per heavy atom. The maximum Gasteiger partial charge on any atom is 0.168 e. The second-order valence-electron chi connectivity index (χ2n) is 4.23. The van der Waals surface area contributed by atoms with Crippen LogP contribution >= 0.6 is 12.2 Å². The second-order valence-corrected chi connectivity index (χ2v) is 4.61. The Bertz CT molecular complexity index is 203. The third-order valence-corrected chi connectivity index (χ3v) is 3.34. The molecule has 0 atom stereocenters. The third-order valence-electron chi connectivity index (χ3n) is 2.94. The number of nitrogens with zero attached hydrogens (tertiary/aromatic N) is 1. The van der Waals surface area contributed by atoms with Crippen LogP contribution in [-0.4, -0.2) is 42.4 Å². The zero-order chi connectivity index (χ0) is 11.8. The van der Waals surface area contributed by atoms with E-state index in [1.165, 1.54) is 12.8 Å². The van der Waals surface area contributed by atoms with Crippen LogP contribution < -0.4 is 5.32 Å². The highest BCUT2D eigenvalue weighted by Gasteiger charge is 2.20. The number of nitrogens with one attached hydrogen (secondary N) is 1. The molecule has 0 spiro atoms. The summed E-state index contributed by atoms with van der Waals surface area (Å²) in [5.74, 6) is 0. The Hall–Kier alpha value is -0.350. The minimum absolute atomic E-state index is 0.444. The molecular formula is C12H24N2OS. The highest BCUT2D eigenvalue weighted by Crippen LogP contribution is 2.13. The van der Waals surface area contributed by atoms with Crippen molar-refractivity contribution < 1.29 is 4.74 Å². The van der Waals surface area contributed by atoms with Crippen LogP contribution in [0.15, 0.2) is 0 Å². The molecule has 0 unspecified atom stereocenters. The molecule has 3 nitrogen and oxygen atoms in total. The molecular weight excluding hydrogens is 220 g/mol. The number of hydrogen-bond acceptors (Lipinski definition) is 2. The molecule has 0 saturated carbocycles. The Kier molecular flexibility index (Phi) is 6.73. The van der Waals surface area contributed by atoms with Gasteiger partial charge in [0, 0.05) is 26.2 Å². The summed E-state index contributed by atoms with van der Waals surface area (Å²) in [6.45, 7) is 8.14. The van der Waals surface area contributed by atoms with E-state index in [1.807, 2.05) is 0 Å². The number of rotatable bonds is 5. The fourth-order valence-corrected chi connectivity index (χ4v) is 2.23. The topological polar surface area (TPSA) is 24.5 Å². The van der Waals surface area contributed by atoms with Gasteiger partial charge in [0.15, 0.2) is 5.11 Å². The van der Waals surface area contributed by atoms with E-state index in [4.69, 9.17) is 17.0 Å². The van der Waals surface area contributed by atoms with Crippen LogP contribution in [0, 0.1) is 0 Å². The van der Waals surface area contributed by atoms with E-state index in [9.17, 15) is 0 Å². The van der Waals surface area contributed by atoms with Gasteiger partial charge in [-0.3, -0.25) is 0 Å². The monoisotopic (exact) mass is 244 g/mol. The molecule has 1 rings (SSSR count). The lowest BCUT2D eigenvalue weighted by Crippen LogP contribution is -2.46. The smallest absolute Gasteiger partial charge is 0.168 e. The normalized spacial score (nSPS) is 17.5. The number of unbranched alkanes of at least 4 members (excludes halogenated alkanes) is 1. The van der Waals surface area contributed by atoms with Crippen molar-refractivity contribution >= 4 is 17.3 Å². The zero-order valence-electron chi connectivity index (χ0n) is 10.5. The van der Waals surface area contributed by atoms with Crippen LogP contribution in [0.5, 0.6) is 0 Å². The van der Waals surface area contributed by atoms with E-state index in [0.29, 0.717) is 6.10 Å². The maximum absolute atomic E-state index is 5.62. The molecule has 1 aliphatic heterocycles. The standard InChI is InChI=1S/C12H24N2OS/c1-3-5-8-13-12(16)14-9-6-11(7-10-14)15-4-2/h11H,3-10H2,1-2H3,(H,13,16). The lowest BCUT2D eigenvalue weighted by molar-refractivity contribution is 0.0268. The van der Waals surface area contributed by atoms with Gasteiger partial charge in [-0.15, -0.1) is 0 Å². The molecule has 0 radical (unpaired) electrons. The van der Waals surface area contributed by atoms with Crippen molar-refractivity contribution in [2.24, 2.45) is 0 Å². The van der Waals surface area contributed by atoms with Crippen LogP contribution in [0.2, 0.25) is 0 Å². The Morgan fingerprint density at radius 1 is 1.38 bits per heavy atom. The lowest BCUT2D eigenvalue weighted by Gasteiger charge is -2.33. The molecule has 0 aliphatic carbocycles. The summed E-state index contributed by atoms with van der Waals surface area (Å²) < 4.78 is 5.62. The first kappa shape index (κ1) is 13.7. The van der Waals surface area contributed by atoms with E-state index in [-0.39, 0.29) is 0 Å². The van der Waals surface area contributed by atoms with Gasteiger partial charge in [-0.25, -0.2) is 0 Å². The summed E-state index contributed by atoms with van der Waals surface area (Å²) in [6, 6.07) is 0. The molecule has 0 aromatic heterocycles. The van der Waals surface area contributed by atoms with Gasteiger partial charge < -0.3 is 15.0 Å². The molecule has 1 aliphatic rings. The quantitative estimate of drug-likeness (QED) is 0.592. The van der Waals surface area contributed by atoms with Gasteiger partial charge in [-0.1, -0.05) is 13.3 Å². The number of likely N-dealkylation sites (tertiary alicyclic amines) is 1.